The van der Waals surface area contributed by atoms with Gasteiger partial charge in [-0.3, -0.25) is 0 Å². The Kier molecular flexibility index (Phi) is 6.28. The van der Waals surface area contributed by atoms with Crippen molar-refractivity contribution in [1.82, 2.24) is 10.0 Å². The van der Waals surface area contributed by atoms with Gasteiger partial charge < -0.3 is 5.32 Å². The molecule has 1 aliphatic rings. The highest BCUT2D eigenvalue weighted by molar-refractivity contribution is 9.10. The van der Waals surface area contributed by atoms with Gasteiger partial charge in [0.25, 0.3) is 10.0 Å². The van der Waals surface area contributed by atoms with E-state index < -0.39 is 10.0 Å². The van der Waals surface area contributed by atoms with E-state index in [0.717, 1.165) is 25.9 Å². The van der Waals surface area contributed by atoms with Crippen LogP contribution in [-0.4, -0.2) is 28.1 Å². The van der Waals surface area contributed by atoms with E-state index in [-0.39, 0.29) is 17.8 Å². The van der Waals surface area contributed by atoms with Gasteiger partial charge in [-0.25, -0.2) is 13.1 Å². The minimum absolute atomic E-state index is 0. The molecule has 2 N–H and O–H groups in total. The minimum Gasteiger partial charge on any atom is -0.316 e. The quantitative estimate of drug-likeness (QED) is 0.832. The van der Waals surface area contributed by atoms with Crippen LogP contribution < -0.4 is 10.0 Å². The second-order valence-corrected chi connectivity index (χ2v) is 8.70. The molecule has 8 heteroatoms. The van der Waals surface area contributed by atoms with Crippen LogP contribution in [0.1, 0.15) is 19.8 Å². The third-order valence-corrected chi connectivity index (χ3v) is 7.27. The summed E-state index contributed by atoms with van der Waals surface area (Å²) >= 11 is 4.49. The van der Waals surface area contributed by atoms with E-state index in [9.17, 15) is 8.42 Å². The SMILES string of the molecule is CC1(CNS(=O)(=O)c2sccc2Br)CCCNC1.Cl. The Balaban J connectivity index is 0.00000180. The third-order valence-electron chi connectivity index (χ3n) is 3.20. The highest BCUT2D eigenvalue weighted by atomic mass is 79.9. The summed E-state index contributed by atoms with van der Waals surface area (Å²) in [6.07, 6.45) is 2.15. The van der Waals surface area contributed by atoms with Gasteiger partial charge in [0, 0.05) is 17.6 Å². The summed E-state index contributed by atoms with van der Waals surface area (Å²) in [5.41, 5.74) is 0.00898. The zero-order valence-corrected chi connectivity index (χ0v) is 14.6. The number of hydrogen-bond donors (Lipinski definition) is 2. The number of piperidine rings is 1. The predicted octanol–water partition coefficient (Wildman–Crippen LogP) is 2.60. The van der Waals surface area contributed by atoms with Crippen LogP contribution >= 0.6 is 39.7 Å². The van der Waals surface area contributed by atoms with Gasteiger partial charge >= 0.3 is 0 Å². The lowest BCUT2D eigenvalue weighted by Gasteiger charge is -2.34. The molecule has 1 aliphatic heterocycles. The minimum atomic E-state index is -3.39. The number of halogens is 2. The highest BCUT2D eigenvalue weighted by Crippen LogP contribution is 2.29. The molecule has 4 nitrogen and oxygen atoms in total. The van der Waals surface area contributed by atoms with Crippen molar-refractivity contribution in [2.24, 2.45) is 5.41 Å². The molecule has 2 heterocycles. The van der Waals surface area contributed by atoms with Crippen LogP contribution in [0.25, 0.3) is 0 Å². The van der Waals surface area contributed by atoms with Crippen LogP contribution in [0.15, 0.2) is 20.1 Å². The van der Waals surface area contributed by atoms with Crippen LogP contribution in [0.2, 0.25) is 0 Å². The van der Waals surface area contributed by atoms with Crippen molar-refractivity contribution in [3.05, 3.63) is 15.9 Å². The average Bonchev–Trinajstić information content (AvgIpc) is 2.75. The average molecular weight is 390 g/mol. The Labute approximate surface area is 133 Å². The van der Waals surface area contributed by atoms with Gasteiger partial charge in [-0.1, -0.05) is 6.92 Å². The van der Waals surface area contributed by atoms with Crippen LogP contribution in [0.5, 0.6) is 0 Å². The Morgan fingerprint density at radius 3 is 2.84 bits per heavy atom. The molecular formula is C11H18BrClN2O2S2. The molecule has 0 radical (unpaired) electrons. The van der Waals surface area contributed by atoms with Crippen LogP contribution in [0, 0.1) is 5.41 Å². The maximum atomic E-state index is 12.1. The first-order valence-electron chi connectivity index (χ1n) is 5.86. The first-order valence-corrected chi connectivity index (χ1v) is 9.02. The molecule has 1 atom stereocenters. The van der Waals surface area contributed by atoms with E-state index in [0.29, 0.717) is 15.2 Å². The molecule has 1 aromatic heterocycles. The second kappa shape index (κ2) is 6.87. The topological polar surface area (TPSA) is 58.2 Å². The molecule has 19 heavy (non-hydrogen) atoms. The summed E-state index contributed by atoms with van der Waals surface area (Å²) in [6.45, 7) is 4.48. The Morgan fingerprint density at radius 1 is 1.58 bits per heavy atom. The lowest BCUT2D eigenvalue weighted by Crippen LogP contribution is -2.45. The standard InChI is InChI=1S/C11H17BrN2O2S2.ClH/c1-11(4-2-5-13-7-11)8-14-18(15,16)10-9(12)3-6-17-10;/h3,6,13-14H,2,4-5,7-8H2,1H3;1H. The summed E-state index contributed by atoms with van der Waals surface area (Å²) in [5, 5.41) is 5.08. The molecule has 0 aromatic carbocycles. The molecule has 0 spiro atoms. The molecule has 1 saturated heterocycles. The number of thiophene rings is 1. The molecule has 110 valence electrons. The van der Waals surface area contributed by atoms with Gasteiger partial charge in [0.15, 0.2) is 0 Å². The lowest BCUT2D eigenvalue weighted by molar-refractivity contribution is 0.238. The zero-order chi connectivity index (χ0) is 13.2. The highest BCUT2D eigenvalue weighted by Gasteiger charge is 2.29. The van der Waals surface area contributed by atoms with Gasteiger partial charge in [0.1, 0.15) is 4.21 Å². The maximum Gasteiger partial charge on any atom is 0.251 e. The molecule has 1 aromatic rings. The summed E-state index contributed by atoms with van der Waals surface area (Å²) in [6, 6.07) is 1.75. The largest absolute Gasteiger partial charge is 0.316 e. The monoisotopic (exact) mass is 388 g/mol. The fourth-order valence-electron chi connectivity index (χ4n) is 2.08. The fraction of sp³-hybridized carbons (Fsp3) is 0.636. The predicted molar refractivity (Wildman–Crippen MR) is 84.7 cm³/mol. The van der Waals surface area contributed by atoms with Gasteiger partial charge in [-0.05, 0) is 52.2 Å². The number of hydrogen-bond acceptors (Lipinski definition) is 4. The molecular weight excluding hydrogens is 372 g/mol. The van der Waals surface area contributed by atoms with Crippen molar-refractivity contribution in [3.63, 3.8) is 0 Å². The summed E-state index contributed by atoms with van der Waals surface area (Å²) in [7, 11) is -3.39. The number of nitrogens with one attached hydrogen (secondary N) is 2. The van der Waals surface area contributed by atoms with Gasteiger partial charge in [0.2, 0.25) is 0 Å². The summed E-state index contributed by atoms with van der Waals surface area (Å²) < 4.78 is 28.0. The van der Waals surface area contributed by atoms with E-state index in [2.05, 4.69) is 32.9 Å². The number of sulfonamides is 1. The first kappa shape index (κ1) is 17.4. The molecule has 1 unspecified atom stereocenters. The van der Waals surface area contributed by atoms with Crippen molar-refractivity contribution in [3.8, 4) is 0 Å². The maximum absolute atomic E-state index is 12.1. The lowest BCUT2D eigenvalue weighted by atomic mass is 9.83. The van der Waals surface area contributed by atoms with E-state index in [1.54, 1.807) is 11.4 Å². The van der Waals surface area contributed by atoms with E-state index in [1.165, 1.54) is 11.3 Å². The van der Waals surface area contributed by atoms with Crippen molar-refractivity contribution in [2.45, 2.75) is 24.0 Å². The van der Waals surface area contributed by atoms with E-state index in [1.807, 2.05) is 0 Å². The summed E-state index contributed by atoms with van der Waals surface area (Å²) in [5.74, 6) is 0. The Hall–Kier alpha value is 0.340. The Morgan fingerprint density at radius 2 is 2.32 bits per heavy atom. The van der Waals surface area contributed by atoms with Crippen LogP contribution in [-0.2, 0) is 10.0 Å². The molecule has 1 fully saturated rings. The van der Waals surface area contributed by atoms with Crippen molar-refractivity contribution in [1.29, 1.82) is 0 Å². The van der Waals surface area contributed by atoms with Crippen molar-refractivity contribution < 1.29 is 8.42 Å². The second-order valence-electron chi connectivity index (χ2n) is 4.97. The molecule has 0 amide bonds. The smallest absolute Gasteiger partial charge is 0.251 e. The van der Waals surface area contributed by atoms with Gasteiger partial charge in [-0.2, -0.15) is 0 Å². The normalized spacial score (nSPS) is 23.9. The van der Waals surface area contributed by atoms with Gasteiger partial charge in [-0.15, -0.1) is 23.7 Å². The molecule has 0 bridgehead atoms. The zero-order valence-electron chi connectivity index (χ0n) is 10.6. The molecule has 2 rings (SSSR count). The summed E-state index contributed by atoms with van der Waals surface area (Å²) in [4.78, 5) is 0. The first-order chi connectivity index (χ1) is 8.43. The van der Waals surface area contributed by atoms with Crippen LogP contribution in [0.4, 0.5) is 0 Å². The van der Waals surface area contributed by atoms with Crippen molar-refractivity contribution in [2.75, 3.05) is 19.6 Å². The van der Waals surface area contributed by atoms with Crippen LogP contribution in [0.3, 0.4) is 0 Å². The Bertz CT molecular complexity index is 513. The van der Waals surface area contributed by atoms with Crippen molar-refractivity contribution >= 4 is 49.7 Å². The molecule has 0 saturated carbocycles. The fourth-order valence-corrected chi connectivity index (χ4v) is 5.66. The van der Waals surface area contributed by atoms with E-state index >= 15 is 0 Å². The van der Waals surface area contributed by atoms with E-state index in [4.69, 9.17) is 0 Å². The third kappa shape index (κ3) is 4.41. The molecule has 0 aliphatic carbocycles. The van der Waals surface area contributed by atoms with Gasteiger partial charge in [0.05, 0.1) is 0 Å². The number of rotatable bonds is 4.